The summed E-state index contributed by atoms with van der Waals surface area (Å²) < 4.78 is 0. The molecular weight excluding hydrogens is 386 g/mol. The third-order valence-electron chi connectivity index (χ3n) is 5.37. The molecule has 158 valence electrons. The lowest BCUT2D eigenvalue weighted by Gasteiger charge is -2.36. The van der Waals surface area contributed by atoms with E-state index in [2.05, 4.69) is 6.92 Å². The van der Waals surface area contributed by atoms with Crippen LogP contribution < -0.4 is 4.90 Å². The number of thiophene rings is 1. The molecule has 0 radical (unpaired) electrons. The van der Waals surface area contributed by atoms with Gasteiger partial charge in [0.05, 0.1) is 17.7 Å². The van der Waals surface area contributed by atoms with Crippen LogP contribution in [0.15, 0.2) is 36.4 Å². The highest BCUT2D eigenvalue weighted by Gasteiger charge is 2.38. The molecule has 29 heavy (non-hydrogen) atoms. The molecule has 1 unspecified atom stereocenters. The van der Waals surface area contributed by atoms with Crippen LogP contribution in [0.4, 0.5) is 5.69 Å². The van der Waals surface area contributed by atoms with Gasteiger partial charge in [0.25, 0.3) is 0 Å². The fraction of sp³-hybridized carbons (Fsp3) is 0.478. The first-order valence-corrected chi connectivity index (χ1v) is 10.5. The van der Waals surface area contributed by atoms with Crippen molar-refractivity contribution >= 4 is 28.9 Å². The molecule has 3 atom stereocenters. The molecule has 1 heterocycles. The summed E-state index contributed by atoms with van der Waals surface area (Å²) in [6, 6.07) is 11.1. The monoisotopic (exact) mass is 417 g/mol. The molecule has 0 aliphatic heterocycles. The van der Waals surface area contributed by atoms with Crippen LogP contribution in [0, 0.1) is 11.8 Å². The third kappa shape index (κ3) is 4.87. The molecule has 1 aromatic carbocycles. The van der Waals surface area contributed by atoms with Crippen molar-refractivity contribution in [3.8, 4) is 10.4 Å². The smallest absolute Gasteiger partial charge is 0.348 e. The molecule has 1 fully saturated rings. The van der Waals surface area contributed by atoms with Crippen LogP contribution in [0.5, 0.6) is 0 Å². The maximum absolute atomic E-state index is 13.4. The first kappa shape index (κ1) is 23.1. The standard InChI is InChI=1S/C22H27NO4S.CH4/c1-13(2)23(21(25)16-10-9-14(3)11-18(16)24)17-12-19(28-20(17)22(26)27)15-7-5-4-6-8-15;/h4-8,12-14,16,18,24H,9-11H2,1-3H3,(H,26,27);1H4/t14?,16-,18+;/m1./s1. The number of carboxylic acid groups (broad SMARTS) is 1. The number of aliphatic hydroxyl groups excluding tert-OH is 1. The molecule has 2 N–H and O–H groups in total. The molecule has 1 aromatic heterocycles. The van der Waals surface area contributed by atoms with Gasteiger partial charge in [-0.05, 0) is 50.7 Å². The van der Waals surface area contributed by atoms with Crippen molar-refractivity contribution in [2.75, 3.05) is 4.90 Å². The molecule has 3 rings (SSSR count). The molecule has 0 spiro atoms. The van der Waals surface area contributed by atoms with Crippen LogP contribution in [0.2, 0.25) is 0 Å². The lowest BCUT2D eigenvalue weighted by atomic mass is 9.80. The highest BCUT2D eigenvalue weighted by Crippen LogP contribution is 2.39. The summed E-state index contributed by atoms with van der Waals surface area (Å²) in [6.45, 7) is 5.83. The van der Waals surface area contributed by atoms with Crippen LogP contribution in [-0.4, -0.2) is 34.2 Å². The maximum atomic E-state index is 13.4. The molecule has 1 aliphatic carbocycles. The van der Waals surface area contributed by atoms with Crippen molar-refractivity contribution in [3.05, 3.63) is 41.3 Å². The largest absolute Gasteiger partial charge is 0.477 e. The lowest BCUT2D eigenvalue weighted by molar-refractivity contribution is -0.128. The molecule has 1 saturated carbocycles. The number of hydrogen-bond donors (Lipinski definition) is 2. The van der Waals surface area contributed by atoms with Crippen molar-refractivity contribution in [1.82, 2.24) is 0 Å². The predicted molar refractivity (Wildman–Crippen MR) is 119 cm³/mol. The second-order valence-corrected chi connectivity index (χ2v) is 8.94. The van der Waals surface area contributed by atoms with Crippen LogP contribution >= 0.6 is 11.3 Å². The molecule has 0 bridgehead atoms. The van der Waals surface area contributed by atoms with Crippen LogP contribution in [-0.2, 0) is 4.79 Å². The van der Waals surface area contributed by atoms with Gasteiger partial charge in [0.15, 0.2) is 0 Å². The number of nitrogens with zero attached hydrogens (tertiary/aromatic N) is 1. The van der Waals surface area contributed by atoms with Gasteiger partial charge in [-0.3, -0.25) is 4.79 Å². The number of hydrogen-bond acceptors (Lipinski definition) is 4. The van der Waals surface area contributed by atoms with Gasteiger partial charge in [-0.15, -0.1) is 11.3 Å². The van der Waals surface area contributed by atoms with Gasteiger partial charge in [-0.25, -0.2) is 4.79 Å². The summed E-state index contributed by atoms with van der Waals surface area (Å²) in [5, 5.41) is 20.2. The van der Waals surface area contributed by atoms with E-state index in [0.717, 1.165) is 16.9 Å². The number of carboxylic acids is 1. The quantitative estimate of drug-likeness (QED) is 0.693. The summed E-state index contributed by atoms with van der Waals surface area (Å²) in [7, 11) is 0. The van der Waals surface area contributed by atoms with Crippen molar-refractivity contribution in [2.45, 2.75) is 59.6 Å². The molecule has 6 heteroatoms. The van der Waals surface area contributed by atoms with Crippen molar-refractivity contribution in [1.29, 1.82) is 0 Å². The van der Waals surface area contributed by atoms with Gasteiger partial charge >= 0.3 is 5.97 Å². The van der Waals surface area contributed by atoms with Crippen molar-refractivity contribution in [3.63, 3.8) is 0 Å². The van der Waals surface area contributed by atoms with E-state index < -0.39 is 18.0 Å². The SMILES string of the molecule is C.CC1CC[C@@H](C(=O)N(c2cc(-c3ccccc3)sc2C(=O)O)C(C)C)[C@@H](O)C1. The Balaban J connectivity index is 0.00000300. The lowest BCUT2D eigenvalue weighted by Crippen LogP contribution is -2.46. The van der Waals surface area contributed by atoms with E-state index in [-0.39, 0.29) is 24.3 Å². The second kappa shape index (κ2) is 9.55. The highest BCUT2D eigenvalue weighted by molar-refractivity contribution is 7.18. The molecule has 0 saturated heterocycles. The van der Waals surface area contributed by atoms with Gasteiger partial charge in [-0.2, -0.15) is 0 Å². The minimum Gasteiger partial charge on any atom is -0.477 e. The Morgan fingerprint density at radius 1 is 1.17 bits per heavy atom. The van der Waals surface area contributed by atoms with E-state index in [0.29, 0.717) is 24.4 Å². The Bertz CT molecular complexity index is 846. The summed E-state index contributed by atoms with van der Waals surface area (Å²) in [5.74, 6) is -1.32. The molecule has 2 aromatic rings. The van der Waals surface area contributed by atoms with Gasteiger partial charge in [0.2, 0.25) is 5.91 Å². The number of amides is 1. The number of aliphatic hydroxyl groups is 1. The Morgan fingerprint density at radius 2 is 1.83 bits per heavy atom. The molecule has 5 nitrogen and oxygen atoms in total. The summed E-state index contributed by atoms with van der Waals surface area (Å²) in [4.78, 5) is 27.8. The normalized spacial score (nSPS) is 21.5. The number of carbonyl (C=O) groups is 2. The highest BCUT2D eigenvalue weighted by atomic mass is 32.1. The van der Waals surface area contributed by atoms with Crippen LogP contribution in [0.1, 0.15) is 57.1 Å². The Kier molecular flexibility index (Phi) is 7.60. The van der Waals surface area contributed by atoms with Gasteiger partial charge in [0, 0.05) is 10.9 Å². The summed E-state index contributed by atoms with van der Waals surface area (Å²) >= 11 is 1.18. The van der Waals surface area contributed by atoms with Gasteiger partial charge < -0.3 is 15.1 Å². The van der Waals surface area contributed by atoms with Crippen LogP contribution in [0.25, 0.3) is 10.4 Å². The number of rotatable bonds is 5. The maximum Gasteiger partial charge on any atom is 0.348 e. The van der Waals surface area contributed by atoms with E-state index in [4.69, 9.17) is 0 Å². The third-order valence-corrected chi connectivity index (χ3v) is 6.54. The Morgan fingerprint density at radius 3 is 2.38 bits per heavy atom. The fourth-order valence-electron chi connectivity index (χ4n) is 3.93. The van der Waals surface area contributed by atoms with Gasteiger partial charge in [0.1, 0.15) is 4.88 Å². The predicted octanol–water partition coefficient (Wildman–Crippen LogP) is 5.29. The van der Waals surface area contributed by atoms with E-state index in [1.807, 2.05) is 44.2 Å². The Hall–Kier alpha value is -2.18. The van der Waals surface area contributed by atoms with Crippen molar-refractivity contribution in [2.24, 2.45) is 11.8 Å². The second-order valence-electron chi connectivity index (χ2n) is 7.89. The zero-order valence-electron chi connectivity index (χ0n) is 16.5. The number of anilines is 1. The van der Waals surface area contributed by atoms with Crippen molar-refractivity contribution < 1.29 is 19.8 Å². The summed E-state index contributed by atoms with van der Waals surface area (Å²) in [6.07, 6.45) is 1.44. The first-order chi connectivity index (χ1) is 13.3. The minimum atomic E-state index is -1.04. The van der Waals surface area contributed by atoms with Crippen LogP contribution in [0.3, 0.4) is 0 Å². The Labute approximate surface area is 177 Å². The topological polar surface area (TPSA) is 77.8 Å². The van der Waals surface area contributed by atoms with E-state index in [9.17, 15) is 19.8 Å². The van der Waals surface area contributed by atoms with Gasteiger partial charge in [-0.1, -0.05) is 44.7 Å². The average molecular weight is 418 g/mol. The minimum absolute atomic E-state index is 0. The molecule has 1 amide bonds. The zero-order chi connectivity index (χ0) is 20.4. The van der Waals surface area contributed by atoms with E-state index >= 15 is 0 Å². The summed E-state index contributed by atoms with van der Waals surface area (Å²) in [5.41, 5.74) is 1.34. The van der Waals surface area contributed by atoms with E-state index in [1.165, 1.54) is 11.3 Å². The fourth-order valence-corrected chi connectivity index (χ4v) is 4.92. The molecular formula is C23H31NO4S. The average Bonchev–Trinajstić information content (AvgIpc) is 3.07. The number of carbonyl (C=O) groups excluding carboxylic acids is 1. The molecule has 1 aliphatic rings. The number of benzene rings is 1. The van der Waals surface area contributed by atoms with E-state index in [1.54, 1.807) is 11.0 Å². The zero-order valence-corrected chi connectivity index (χ0v) is 17.3. The first-order valence-electron chi connectivity index (χ1n) is 9.73. The number of aromatic carboxylic acids is 1.